The molecule has 2 aliphatic rings. The first-order valence-corrected chi connectivity index (χ1v) is 8.28. The molecule has 1 aliphatic carbocycles. The summed E-state index contributed by atoms with van der Waals surface area (Å²) < 4.78 is 10.7. The topological polar surface area (TPSA) is 54.9 Å². The van der Waals surface area contributed by atoms with E-state index in [0.717, 1.165) is 37.0 Å². The van der Waals surface area contributed by atoms with Crippen LogP contribution < -0.4 is 20.1 Å². The van der Waals surface area contributed by atoms with Gasteiger partial charge in [0.25, 0.3) is 0 Å². The fourth-order valence-corrected chi connectivity index (χ4v) is 2.98. The van der Waals surface area contributed by atoms with Crippen molar-refractivity contribution in [3.63, 3.8) is 0 Å². The summed E-state index contributed by atoms with van der Waals surface area (Å²) in [4.78, 5) is 4.69. The van der Waals surface area contributed by atoms with Crippen LogP contribution in [0.15, 0.2) is 23.2 Å². The molecule has 0 aromatic heterocycles. The van der Waals surface area contributed by atoms with E-state index in [4.69, 9.17) is 9.47 Å². The summed E-state index contributed by atoms with van der Waals surface area (Å²) in [5, 5.41) is 6.87. The van der Waals surface area contributed by atoms with E-state index < -0.39 is 0 Å². The van der Waals surface area contributed by atoms with Crippen LogP contribution in [-0.4, -0.2) is 31.9 Å². The highest BCUT2D eigenvalue weighted by atomic mass is 16.7. The van der Waals surface area contributed by atoms with Crippen molar-refractivity contribution < 1.29 is 9.47 Å². The standard InChI is InChI=1S/C17H25N3O2/c1-2-18-17(20-14-5-3-4-6-14)19-10-9-13-7-8-15-16(11-13)22-12-21-15/h7-8,11,14H,2-6,9-10,12H2,1H3,(H2,18,19,20). The van der Waals surface area contributed by atoms with Crippen LogP contribution in [0.5, 0.6) is 11.5 Å². The molecule has 0 amide bonds. The molecule has 0 unspecified atom stereocenters. The maximum Gasteiger partial charge on any atom is 0.231 e. The lowest BCUT2D eigenvalue weighted by molar-refractivity contribution is 0.174. The van der Waals surface area contributed by atoms with Gasteiger partial charge in [-0.15, -0.1) is 0 Å². The van der Waals surface area contributed by atoms with Crippen LogP contribution in [0.2, 0.25) is 0 Å². The van der Waals surface area contributed by atoms with E-state index in [0.29, 0.717) is 12.8 Å². The Kier molecular flexibility index (Phi) is 5.03. The lowest BCUT2D eigenvalue weighted by Gasteiger charge is -2.16. The molecule has 0 bridgehead atoms. The molecule has 0 saturated heterocycles. The average Bonchev–Trinajstić information content (AvgIpc) is 3.18. The zero-order chi connectivity index (χ0) is 15.2. The van der Waals surface area contributed by atoms with Crippen LogP contribution >= 0.6 is 0 Å². The number of hydrogen-bond donors (Lipinski definition) is 2. The molecule has 1 aromatic carbocycles. The van der Waals surface area contributed by atoms with Crippen molar-refractivity contribution in [3.8, 4) is 11.5 Å². The Labute approximate surface area is 132 Å². The summed E-state index contributed by atoms with van der Waals surface area (Å²) in [6.45, 7) is 4.08. The van der Waals surface area contributed by atoms with Crippen LogP contribution in [-0.2, 0) is 6.42 Å². The van der Waals surface area contributed by atoms with Crippen LogP contribution in [0, 0.1) is 0 Å². The molecule has 0 radical (unpaired) electrons. The van der Waals surface area contributed by atoms with Crippen LogP contribution in [0.3, 0.4) is 0 Å². The largest absolute Gasteiger partial charge is 0.454 e. The number of nitrogens with zero attached hydrogens (tertiary/aromatic N) is 1. The number of guanidine groups is 1. The monoisotopic (exact) mass is 303 g/mol. The number of nitrogens with one attached hydrogen (secondary N) is 2. The van der Waals surface area contributed by atoms with Crippen molar-refractivity contribution in [2.45, 2.75) is 45.1 Å². The van der Waals surface area contributed by atoms with Gasteiger partial charge >= 0.3 is 0 Å². The molecule has 1 saturated carbocycles. The van der Waals surface area contributed by atoms with Crippen LogP contribution in [0.1, 0.15) is 38.2 Å². The molecule has 3 rings (SSSR count). The maximum absolute atomic E-state index is 5.41. The highest BCUT2D eigenvalue weighted by Crippen LogP contribution is 2.32. The molecule has 1 heterocycles. The van der Waals surface area contributed by atoms with Gasteiger partial charge in [-0.3, -0.25) is 4.99 Å². The minimum atomic E-state index is 0.326. The number of aliphatic imine (C=N–C) groups is 1. The van der Waals surface area contributed by atoms with E-state index in [2.05, 4.69) is 34.7 Å². The van der Waals surface area contributed by atoms with Gasteiger partial charge in [-0.25, -0.2) is 0 Å². The molecule has 2 N–H and O–H groups in total. The Balaban J connectivity index is 1.53. The Morgan fingerprint density at radius 1 is 1.23 bits per heavy atom. The normalized spacial score (nSPS) is 17.8. The van der Waals surface area contributed by atoms with E-state index in [-0.39, 0.29) is 0 Å². The van der Waals surface area contributed by atoms with Crippen molar-refractivity contribution in [3.05, 3.63) is 23.8 Å². The van der Waals surface area contributed by atoms with Crippen molar-refractivity contribution in [2.24, 2.45) is 4.99 Å². The lowest BCUT2D eigenvalue weighted by Crippen LogP contribution is -2.42. The van der Waals surface area contributed by atoms with E-state index in [1.165, 1.54) is 31.2 Å². The third kappa shape index (κ3) is 3.84. The predicted molar refractivity (Wildman–Crippen MR) is 87.6 cm³/mol. The first-order chi connectivity index (χ1) is 10.8. The Morgan fingerprint density at radius 3 is 2.86 bits per heavy atom. The molecular formula is C17H25N3O2. The summed E-state index contributed by atoms with van der Waals surface area (Å²) in [6.07, 6.45) is 6.07. The SMILES string of the molecule is CCNC(=NCCc1ccc2c(c1)OCO2)NC1CCCC1. The second-order valence-corrected chi connectivity index (χ2v) is 5.82. The molecule has 0 atom stereocenters. The van der Waals surface area contributed by atoms with E-state index >= 15 is 0 Å². The van der Waals surface area contributed by atoms with Gasteiger partial charge < -0.3 is 20.1 Å². The predicted octanol–water partition coefficient (Wildman–Crippen LogP) is 2.46. The first kappa shape index (κ1) is 15.0. The van der Waals surface area contributed by atoms with Gasteiger partial charge in [-0.1, -0.05) is 18.9 Å². The van der Waals surface area contributed by atoms with Gasteiger partial charge in [0.15, 0.2) is 17.5 Å². The van der Waals surface area contributed by atoms with E-state index in [1.807, 2.05) is 6.07 Å². The molecular weight excluding hydrogens is 278 g/mol. The van der Waals surface area contributed by atoms with Gasteiger partial charge in [-0.05, 0) is 43.9 Å². The summed E-state index contributed by atoms with van der Waals surface area (Å²) in [7, 11) is 0. The van der Waals surface area contributed by atoms with Crippen molar-refractivity contribution >= 4 is 5.96 Å². The molecule has 1 fully saturated rings. The molecule has 1 aromatic rings. The summed E-state index contributed by atoms with van der Waals surface area (Å²) in [5.41, 5.74) is 1.23. The Morgan fingerprint density at radius 2 is 2.05 bits per heavy atom. The number of benzene rings is 1. The molecule has 120 valence electrons. The number of rotatable bonds is 5. The average molecular weight is 303 g/mol. The van der Waals surface area contributed by atoms with Gasteiger partial charge in [0, 0.05) is 19.1 Å². The Hall–Kier alpha value is -1.91. The number of ether oxygens (including phenoxy) is 2. The fraction of sp³-hybridized carbons (Fsp3) is 0.588. The smallest absolute Gasteiger partial charge is 0.231 e. The molecule has 22 heavy (non-hydrogen) atoms. The molecule has 5 nitrogen and oxygen atoms in total. The second-order valence-electron chi connectivity index (χ2n) is 5.82. The third-order valence-electron chi connectivity index (χ3n) is 4.15. The fourth-order valence-electron chi connectivity index (χ4n) is 2.98. The van der Waals surface area contributed by atoms with Gasteiger partial charge in [0.05, 0.1) is 0 Å². The zero-order valence-electron chi connectivity index (χ0n) is 13.2. The molecule has 5 heteroatoms. The highest BCUT2D eigenvalue weighted by Gasteiger charge is 2.16. The number of fused-ring (bicyclic) bond motifs is 1. The molecule has 0 spiro atoms. The maximum atomic E-state index is 5.41. The van der Waals surface area contributed by atoms with Gasteiger partial charge in [0.1, 0.15) is 0 Å². The van der Waals surface area contributed by atoms with Crippen LogP contribution in [0.4, 0.5) is 0 Å². The summed E-state index contributed by atoms with van der Waals surface area (Å²) in [6, 6.07) is 6.70. The summed E-state index contributed by atoms with van der Waals surface area (Å²) >= 11 is 0. The van der Waals surface area contributed by atoms with Crippen molar-refractivity contribution in [1.29, 1.82) is 0 Å². The lowest BCUT2D eigenvalue weighted by atomic mass is 10.1. The zero-order valence-corrected chi connectivity index (χ0v) is 13.2. The quantitative estimate of drug-likeness (QED) is 0.648. The highest BCUT2D eigenvalue weighted by molar-refractivity contribution is 5.80. The van der Waals surface area contributed by atoms with E-state index in [1.54, 1.807) is 0 Å². The van der Waals surface area contributed by atoms with Crippen molar-refractivity contribution in [1.82, 2.24) is 10.6 Å². The van der Waals surface area contributed by atoms with Crippen molar-refractivity contribution in [2.75, 3.05) is 19.9 Å². The summed E-state index contributed by atoms with van der Waals surface area (Å²) in [5.74, 6) is 2.62. The van der Waals surface area contributed by atoms with Crippen LogP contribution in [0.25, 0.3) is 0 Å². The first-order valence-electron chi connectivity index (χ1n) is 8.28. The van der Waals surface area contributed by atoms with E-state index in [9.17, 15) is 0 Å². The minimum Gasteiger partial charge on any atom is -0.454 e. The Bertz CT molecular complexity index is 525. The minimum absolute atomic E-state index is 0.326. The second kappa shape index (κ2) is 7.38. The number of hydrogen-bond acceptors (Lipinski definition) is 3. The van der Waals surface area contributed by atoms with Gasteiger partial charge in [0.2, 0.25) is 6.79 Å². The molecule has 1 aliphatic heterocycles. The third-order valence-corrected chi connectivity index (χ3v) is 4.15. The van der Waals surface area contributed by atoms with Gasteiger partial charge in [-0.2, -0.15) is 0 Å².